The van der Waals surface area contributed by atoms with Crippen LogP contribution in [0.15, 0.2) is 78.2 Å². The molecule has 6 nitrogen and oxygen atoms in total. The lowest BCUT2D eigenvalue weighted by Crippen LogP contribution is -2.39. The third-order valence-electron chi connectivity index (χ3n) is 6.26. The summed E-state index contributed by atoms with van der Waals surface area (Å²) in [5.74, 6) is 1.30. The third kappa shape index (κ3) is 3.50. The molecular formula is C26H22N2O4S. The number of benzene rings is 3. The van der Waals surface area contributed by atoms with Crippen molar-refractivity contribution in [1.29, 1.82) is 0 Å². The number of nitrogens with one attached hydrogen (secondary N) is 1. The molecule has 0 radical (unpaired) electrons. The molecule has 33 heavy (non-hydrogen) atoms. The highest BCUT2D eigenvalue weighted by molar-refractivity contribution is 7.92. The maximum Gasteiger partial charge on any atom is 0.237 e. The zero-order chi connectivity index (χ0) is 22.4. The summed E-state index contributed by atoms with van der Waals surface area (Å²) in [5.41, 5.74) is 4.74. The van der Waals surface area contributed by atoms with E-state index in [2.05, 4.69) is 11.1 Å². The van der Waals surface area contributed by atoms with E-state index in [0.717, 1.165) is 33.3 Å². The molecule has 1 atom stereocenters. The van der Waals surface area contributed by atoms with E-state index >= 15 is 0 Å². The Morgan fingerprint density at radius 3 is 2.61 bits per heavy atom. The van der Waals surface area contributed by atoms with Gasteiger partial charge in [-0.1, -0.05) is 54.6 Å². The SMILES string of the molecule is O=S(=O)(/C=C/c1ccccc1)N1CCc2c([nH]c3ccccc23)[C@H]1c1ccc2c(c1)OCO2. The van der Waals surface area contributed by atoms with Crippen LogP contribution in [-0.2, 0) is 16.4 Å². The van der Waals surface area contributed by atoms with E-state index < -0.39 is 16.1 Å². The normalized spacial score (nSPS) is 18.1. The summed E-state index contributed by atoms with van der Waals surface area (Å²) >= 11 is 0. The van der Waals surface area contributed by atoms with Crippen LogP contribution in [0.2, 0.25) is 0 Å². The van der Waals surface area contributed by atoms with Crippen molar-refractivity contribution in [1.82, 2.24) is 9.29 Å². The molecule has 6 rings (SSSR count). The predicted octanol–water partition coefficient (Wildman–Crippen LogP) is 4.84. The van der Waals surface area contributed by atoms with Gasteiger partial charge < -0.3 is 14.5 Å². The van der Waals surface area contributed by atoms with Gasteiger partial charge in [-0.3, -0.25) is 0 Å². The average Bonchev–Trinajstić information content (AvgIpc) is 3.47. The van der Waals surface area contributed by atoms with Crippen LogP contribution in [0.5, 0.6) is 11.5 Å². The number of nitrogens with zero attached hydrogens (tertiary/aromatic N) is 1. The molecule has 0 spiro atoms. The van der Waals surface area contributed by atoms with Crippen molar-refractivity contribution in [2.24, 2.45) is 0 Å². The quantitative estimate of drug-likeness (QED) is 0.475. The highest BCUT2D eigenvalue weighted by Gasteiger charge is 2.38. The zero-order valence-corrected chi connectivity index (χ0v) is 18.6. The number of aromatic amines is 1. The number of para-hydroxylation sites is 1. The number of H-pyrrole nitrogens is 1. The minimum absolute atomic E-state index is 0.170. The smallest absolute Gasteiger partial charge is 0.237 e. The lowest BCUT2D eigenvalue weighted by atomic mass is 9.94. The van der Waals surface area contributed by atoms with Crippen LogP contribution in [0.3, 0.4) is 0 Å². The van der Waals surface area contributed by atoms with Gasteiger partial charge in [-0.2, -0.15) is 4.31 Å². The first-order chi connectivity index (χ1) is 16.1. The van der Waals surface area contributed by atoms with Crippen molar-refractivity contribution < 1.29 is 17.9 Å². The Bertz CT molecular complexity index is 1470. The average molecular weight is 459 g/mol. The van der Waals surface area contributed by atoms with Gasteiger partial charge >= 0.3 is 0 Å². The molecule has 0 bridgehead atoms. The minimum atomic E-state index is -3.71. The second-order valence-corrected chi connectivity index (χ2v) is 9.97. The molecule has 0 fully saturated rings. The Kier molecular flexibility index (Phi) is 4.74. The standard InChI is InChI=1S/C26H22N2O4S/c29-33(30,15-13-18-6-2-1-3-7-18)28-14-12-21-20-8-4-5-9-22(20)27-25(21)26(28)19-10-11-23-24(16-19)32-17-31-23/h1-11,13,15-16,26-27H,12,14,17H2/b15-13+/t26-/m1/s1. The molecule has 3 aromatic carbocycles. The fourth-order valence-electron chi connectivity index (χ4n) is 4.72. The van der Waals surface area contributed by atoms with Crippen molar-refractivity contribution >= 4 is 27.0 Å². The van der Waals surface area contributed by atoms with Crippen molar-refractivity contribution in [3.63, 3.8) is 0 Å². The molecule has 0 amide bonds. The lowest BCUT2D eigenvalue weighted by molar-refractivity contribution is 0.174. The summed E-state index contributed by atoms with van der Waals surface area (Å²) in [7, 11) is -3.71. The maximum atomic E-state index is 13.6. The largest absolute Gasteiger partial charge is 0.454 e. The number of fused-ring (bicyclic) bond motifs is 4. The highest BCUT2D eigenvalue weighted by atomic mass is 32.2. The molecule has 7 heteroatoms. The van der Waals surface area contributed by atoms with Gasteiger partial charge in [0.2, 0.25) is 16.8 Å². The molecule has 166 valence electrons. The second-order valence-electron chi connectivity index (χ2n) is 8.20. The molecular weight excluding hydrogens is 436 g/mol. The zero-order valence-electron chi connectivity index (χ0n) is 17.8. The Hall–Kier alpha value is -3.55. The Balaban J connectivity index is 1.48. The molecule has 2 aliphatic rings. The van der Waals surface area contributed by atoms with E-state index in [4.69, 9.17) is 9.47 Å². The summed E-state index contributed by atoms with van der Waals surface area (Å²) in [5, 5.41) is 2.44. The van der Waals surface area contributed by atoms with Gasteiger partial charge in [0.05, 0.1) is 6.04 Å². The van der Waals surface area contributed by atoms with Crippen LogP contribution >= 0.6 is 0 Å². The van der Waals surface area contributed by atoms with Gasteiger partial charge in [-0.25, -0.2) is 8.42 Å². The molecule has 2 aliphatic heterocycles. The Morgan fingerprint density at radius 1 is 0.939 bits per heavy atom. The van der Waals surface area contributed by atoms with E-state index in [1.807, 2.05) is 66.7 Å². The van der Waals surface area contributed by atoms with Crippen molar-refractivity contribution in [3.05, 3.63) is 101 Å². The van der Waals surface area contributed by atoms with Crippen LogP contribution in [0, 0.1) is 0 Å². The van der Waals surface area contributed by atoms with Gasteiger partial charge in [0, 0.05) is 28.5 Å². The van der Waals surface area contributed by atoms with E-state index in [-0.39, 0.29) is 6.79 Å². The molecule has 0 saturated heterocycles. The molecule has 1 N–H and O–H groups in total. The first-order valence-electron chi connectivity index (χ1n) is 10.8. The number of hydrogen-bond acceptors (Lipinski definition) is 4. The van der Waals surface area contributed by atoms with Gasteiger partial charge in [-0.15, -0.1) is 0 Å². The predicted molar refractivity (Wildman–Crippen MR) is 128 cm³/mol. The van der Waals surface area contributed by atoms with E-state index in [1.54, 1.807) is 10.4 Å². The van der Waals surface area contributed by atoms with Crippen LogP contribution < -0.4 is 9.47 Å². The Labute approximate surface area is 192 Å². The molecule has 4 aromatic rings. The summed E-state index contributed by atoms with van der Waals surface area (Å²) in [6.45, 7) is 0.554. The molecule has 3 heterocycles. The fourth-order valence-corrected chi connectivity index (χ4v) is 6.07. The highest BCUT2D eigenvalue weighted by Crippen LogP contribution is 2.43. The second kappa shape index (κ2) is 7.79. The molecule has 0 saturated carbocycles. The van der Waals surface area contributed by atoms with Crippen molar-refractivity contribution in [2.45, 2.75) is 12.5 Å². The van der Waals surface area contributed by atoms with Crippen LogP contribution in [0.4, 0.5) is 0 Å². The number of sulfonamides is 1. The number of ether oxygens (including phenoxy) is 2. The first-order valence-corrected chi connectivity index (χ1v) is 12.3. The maximum absolute atomic E-state index is 13.6. The molecule has 0 aliphatic carbocycles. The fraction of sp³-hybridized carbons (Fsp3) is 0.154. The molecule has 1 aromatic heterocycles. The summed E-state index contributed by atoms with van der Waals surface area (Å²) in [6, 6.07) is 22.7. The summed E-state index contributed by atoms with van der Waals surface area (Å²) in [4.78, 5) is 3.51. The topological polar surface area (TPSA) is 71.6 Å². The third-order valence-corrected chi connectivity index (χ3v) is 7.79. The van der Waals surface area contributed by atoms with Gasteiger partial charge in [0.25, 0.3) is 0 Å². The van der Waals surface area contributed by atoms with Crippen LogP contribution in [0.25, 0.3) is 17.0 Å². The number of hydrogen-bond donors (Lipinski definition) is 1. The Morgan fingerprint density at radius 2 is 1.73 bits per heavy atom. The van der Waals surface area contributed by atoms with Crippen LogP contribution in [0.1, 0.15) is 28.4 Å². The number of aromatic nitrogens is 1. The summed E-state index contributed by atoms with van der Waals surface area (Å²) in [6.07, 6.45) is 2.28. The number of rotatable bonds is 4. The summed E-state index contributed by atoms with van der Waals surface area (Å²) < 4.78 is 39.8. The van der Waals surface area contributed by atoms with E-state index in [0.29, 0.717) is 24.5 Å². The van der Waals surface area contributed by atoms with Crippen LogP contribution in [-0.4, -0.2) is 31.0 Å². The minimum Gasteiger partial charge on any atom is -0.454 e. The van der Waals surface area contributed by atoms with Crippen molar-refractivity contribution in [3.8, 4) is 11.5 Å². The van der Waals surface area contributed by atoms with Gasteiger partial charge in [0.1, 0.15) is 0 Å². The monoisotopic (exact) mass is 458 g/mol. The molecule has 0 unspecified atom stereocenters. The van der Waals surface area contributed by atoms with E-state index in [1.165, 1.54) is 5.41 Å². The van der Waals surface area contributed by atoms with Gasteiger partial charge in [-0.05, 0) is 47.4 Å². The van der Waals surface area contributed by atoms with Crippen molar-refractivity contribution in [2.75, 3.05) is 13.3 Å². The first kappa shape index (κ1) is 20.1. The lowest BCUT2D eigenvalue weighted by Gasteiger charge is -2.34. The van der Waals surface area contributed by atoms with Gasteiger partial charge in [0.15, 0.2) is 11.5 Å². The van der Waals surface area contributed by atoms with E-state index in [9.17, 15) is 8.42 Å².